The SMILES string of the molecule is CC[C@H](C)N1C(=O)S/C(=C/c2ccc(OCC#N)c(OC)c2)C1=O. The molecule has 0 bridgehead atoms. The van der Waals surface area contributed by atoms with Crippen LogP contribution in [-0.4, -0.2) is 35.8 Å². The van der Waals surface area contributed by atoms with Gasteiger partial charge in [0, 0.05) is 6.04 Å². The Morgan fingerprint density at radius 2 is 2.12 bits per heavy atom. The molecule has 0 saturated carbocycles. The van der Waals surface area contributed by atoms with Gasteiger partial charge in [0.2, 0.25) is 0 Å². The summed E-state index contributed by atoms with van der Waals surface area (Å²) in [5.41, 5.74) is 0.714. The molecule has 0 spiro atoms. The maximum atomic E-state index is 12.4. The summed E-state index contributed by atoms with van der Waals surface area (Å²) in [6, 6.07) is 6.87. The van der Waals surface area contributed by atoms with Crippen LogP contribution < -0.4 is 9.47 Å². The summed E-state index contributed by atoms with van der Waals surface area (Å²) >= 11 is 0.935. The number of rotatable bonds is 6. The average Bonchev–Trinajstić information content (AvgIpc) is 2.86. The number of ether oxygens (including phenoxy) is 2. The Bertz CT molecular complexity index is 724. The second kappa shape index (κ2) is 7.88. The number of methoxy groups -OCH3 is 1. The van der Waals surface area contributed by atoms with E-state index in [1.54, 1.807) is 24.3 Å². The standard InChI is InChI=1S/C17H18N2O4S/c1-4-11(2)19-16(20)15(24-17(19)21)10-12-5-6-13(23-8-7-18)14(9-12)22-3/h5-6,9-11H,4,8H2,1-3H3/b15-10+/t11-/m0/s1. The van der Waals surface area contributed by atoms with Gasteiger partial charge >= 0.3 is 0 Å². The molecule has 1 aliphatic rings. The van der Waals surface area contributed by atoms with Gasteiger partial charge in [-0.1, -0.05) is 13.0 Å². The van der Waals surface area contributed by atoms with E-state index >= 15 is 0 Å². The molecule has 0 radical (unpaired) electrons. The molecule has 0 N–H and O–H groups in total. The Morgan fingerprint density at radius 1 is 1.38 bits per heavy atom. The van der Waals surface area contributed by atoms with Crippen LogP contribution in [0, 0.1) is 11.3 Å². The Kier molecular flexibility index (Phi) is 5.88. The largest absolute Gasteiger partial charge is 0.493 e. The monoisotopic (exact) mass is 346 g/mol. The summed E-state index contributed by atoms with van der Waals surface area (Å²) in [6.07, 6.45) is 2.37. The van der Waals surface area contributed by atoms with E-state index in [2.05, 4.69) is 0 Å². The van der Waals surface area contributed by atoms with Crippen molar-refractivity contribution in [1.29, 1.82) is 5.26 Å². The number of nitrogens with zero attached hydrogens (tertiary/aromatic N) is 2. The van der Waals surface area contributed by atoms with Gasteiger partial charge in [0.25, 0.3) is 11.1 Å². The van der Waals surface area contributed by atoms with Gasteiger partial charge in [-0.15, -0.1) is 0 Å². The van der Waals surface area contributed by atoms with Crippen molar-refractivity contribution in [1.82, 2.24) is 4.90 Å². The first kappa shape index (κ1) is 17.9. The zero-order valence-electron chi connectivity index (χ0n) is 13.7. The van der Waals surface area contributed by atoms with Crippen molar-refractivity contribution in [3.8, 4) is 17.6 Å². The third kappa shape index (κ3) is 3.71. The van der Waals surface area contributed by atoms with Crippen LogP contribution in [0.25, 0.3) is 6.08 Å². The topological polar surface area (TPSA) is 79.6 Å². The highest BCUT2D eigenvalue weighted by Gasteiger charge is 2.37. The van der Waals surface area contributed by atoms with Crippen LogP contribution in [0.15, 0.2) is 23.1 Å². The molecular formula is C17H18N2O4S. The number of amides is 2. The lowest BCUT2D eigenvalue weighted by Crippen LogP contribution is -2.36. The van der Waals surface area contributed by atoms with Gasteiger partial charge in [0.15, 0.2) is 18.1 Å². The van der Waals surface area contributed by atoms with Gasteiger partial charge in [0.05, 0.1) is 12.0 Å². The normalized spacial score (nSPS) is 17.1. The van der Waals surface area contributed by atoms with Crippen molar-refractivity contribution in [3.05, 3.63) is 28.7 Å². The van der Waals surface area contributed by atoms with Gasteiger partial charge in [-0.3, -0.25) is 14.5 Å². The molecule has 1 aromatic carbocycles. The van der Waals surface area contributed by atoms with Crippen molar-refractivity contribution in [2.45, 2.75) is 26.3 Å². The molecule has 1 aliphatic heterocycles. The molecule has 0 aliphatic carbocycles. The minimum absolute atomic E-state index is 0.0799. The van der Waals surface area contributed by atoms with E-state index in [9.17, 15) is 9.59 Å². The van der Waals surface area contributed by atoms with E-state index in [-0.39, 0.29) is 23.8 Å². The Hall–Kier alpha value is -2.46. The number of nitriles is 1. The predicted octanol–water partition coefficient (Wildman–Crippen LogP) is 3.43. The van der Waals surface area contributed by atoms with Crippen molar-refractivity contribution in [3.63, 3.8) is 0 Å². The van der Waals surface area contributed by atoms with Crippen molar-refractivity contribution in [2.75, 3.05) is 13.7 Å². The zero-order valence-corrected chi connectivity index (χ0v) is 14.6. The van der Waals surface area contributed by atoms with Crippen LogP contribution in [0.5, 0.6) is 11.5 Å². The summed E-state index contributed by atoms with van der Waals surface area (Å²) in [4.78, 5) is 26.1. The van der Waals surface area contributed by atoms with Crippen molar-refractivity contribution >= 4 is 29.0 Å². The van der Waals surface area contributed by atoms with Crippen LogP contribution in [0.1, 0.15) is 25.8 Å². The van der Waals surface area contributed by atoms with Crippen LogP contribution in [-0.2, 0) is 4.79 Å². The second-order valence-electron chi connectivity index (χ2n) is 5.17. The maximum absolute atomic E-state index is 12.4. The van der Waals surface area contributed by atoms with Crippen LogP contribution in [0.4, 0.5) is 4.79 Å². The fraction of sp³-hybridized carbons (Fsp3) is 0.353. The highest BCUT2D eigenvalue weighted by Crippen LogP contribution is 2.35. The van der Waals surface area contributed by atoms with E-state index in [0.29, 0.717) is 28.4 Å². The van der Waals surface area contributed by atoms with Gasteiger partial charge < -0.3 is 9.47 Å². The number of carbonyl (C=O) groups excluding carboxylic acids is 2. The number of imide groups is 1. The molecule has 1 atom stereocenters. The highest BCUT2D eigenvalue weighted by atomic mass is 32.2. The third-order valence-corrected chi connectivity index (χ3v) is 4.52. The lowest BCUT2D eigenvalue weighted by Gasteiger charge is -2.19. The first-order valence-electron chi connectivity index (χ1n) is 7.46. The fourth-order valence-corrected chi connectivity index (χ4v) is 3.13. The Morgan fingerprint density at radius 3 is 2.75 bits per heavy atom. The van der Waals surface area contributed by atoms with Gasteiger partial charge in [-0.2, -0.15) is 5.26 Å². The van der Waals surface area contributed by atoms with E-state index in [0.717, 1.165) is 11.8 Å². The number of carbonyl (C=O) groups is 2. The molecule has 1 fully saturated rings. The first-order valence-corrected chi connectivity index (χ1v) is 8.28. The molecular weight excluding hydrogens is 328 g/mol. The number of hydrogen-bond donors (Lipinski definition) is 0. The van der Waals surface area contributed by atoms with Crippen LogP contribution in [0.3, 0.4) is 0 Å². The molecule has 7 heteroatoms. The minimum atomic E-state index is -0.275. The Balaban J connectivity index is 2.27. The summed E-state index contributed by atoms with van der Waals surface area (Å²) in [5.74, 6) is 0.632. The number of benzene rings is 1. The molecule has 126 valence electrons. The molecule has 0 unspecified atom stereocenters. The quantitative estimate of drug-likeness (QED) is 0.734. The van der Waals surface area contributed by atoms with Crippen molar-refractivity contribution in [2.24, 2.45) is 0 Å². The zero-order chi connectivity index (χ0) is 17.7. The molecule has 1 aromatic rings. The molecule has 24 heavy (non-hydrogen) atoms. The molecule has 6 nitrogen and oxygen atoms in total. The van der Waals surface area contributed by atoms with E-state index in [1.165, 1.54) is 12.0 Å². The average molecular weight is 346 g/mol. The molecule has 1 saturated heterocycles. The smallest absolute Gasteiger partial charge is 0.293 e. The summed E-state index contributed by atoms with van der Waals surface area (Å²) in [5, 5.41) is 8.33. The molecule has 1 heterocycles. The summed E-state index contributed by atoms with van der Waals surface area (Å²) in [6.45, 7) is 3.70. The van der Waals surface area contributed by atoms with Crippen molar-refractivity contribution < 1.29 is 19.1 Å². The number of thioether (sulfide) groups is 1. The summed E-state index contributed by atoms with van der Waals surface area (Å²) < 4.78 is 10.5. The predicted molar refractivity (Wildman–Crippen MR) is 91.7 cm³/mol. The fourth-order valence-electron chi connectivity index (χ4n) is 2.20. The van der Waals surface area contributed by atoms with E-state index < -0.39 is 0 Å². The first-order chi connectivity index (χ1) is 11.5. The number of hydrogen-bond acceptors (Lipinski definition) is 6. The van der Waals surface area contributed by atoms with Gasteiger partial charge in [-0.25, -0.2) is 0 Å². The Labute approximate surface area is 145 Å². The van der Waals surface area contributed by atoms with Gasteiger partial charge in [0.1, 0.15) is 6.07 Å². The lowest BCUT2D eigenvalue weighted by molar-refractivity contribution is -0.124. The van der Waals surface area contributed by atoms with Crippen LogP contribution in [0.2, 0.25) is 0 Å². The van der Waals surface area contributed by atoms with Gasteiger partial charge in [-0.05, 0) is 48.9 Å². The third-order valence-electron chi connectivity index (χ3n) is 3.63. The van der Waals surface area contributed by atoms with E-state index in [4.69, 9.17) is 14.7 Å². The second-order valence-corrected chi connectivity index (χ2v) is 6.16. The minimum Gasteiger partial charge on any atom is -0.493 e. The van der Waals surface area contributed by atoms with Crippen LogP contribution >= 0.6 is 11.8 Å². The molecule has 2 rings (SSSR count). The summed E-state index contributed by atoms with van der Waals surface area (Å²) in [7, 11) is 1.50. The molecule has 0 aromatic heterocycles. The lowest BCUT2D eigenvalue weighted by atomic mass is 10.1. The molecule has 2 amide bonds. The van der Waals surface area contributed by atoms with E-state index in [1.807, 2.05) is 19.9 Å². The maximum Gasteiger partial charge on any atom is 0.293 e. The highest BCUT2D eigenvalue weighted by molar-refractivity contribution is 8.18.